The molecule has 0 saturated heterocycles. The minimum atomic E-state index is -3.71. The summed E-state index contributed by atoms with van der Waals surface area (Å²) in [5, 5.41) is 13.1. The third-order valence-corrected chi connectivity index (χ3v) is 9.72. The molecule has 0 aliphatic carbocycles. The maximum atomic E-state index is 13.9. The van der Waals surface area contributed by atoms with Crippen molar-refractivity contribution in [2.24, 2.45) is 0 Å². The van der Waals surface area contributed by atoms with Crippen LogP contribution in [0.15, 0.2) is 143 Å². The van der Waals surface area contributed by atoms with Gasteiger partial charge in [-0.3, -0.25) is 0 Å². The van der Waals surface area contributed by atoms with Gasteiger partial charge in [0, 0.05) is 0 Å². The van der Waals surface area contributed by atoms with Crippen LogP contribution >= 0.6 is 0 Å². The number of hydrogen-bond donors (Lipinski definition) is 0. The van der Waals surface area contributed by atoms with Crippen LogP contribution < -0.4 is 0 Å². The first kappa shape index (κ1) is 22.3. The summed E-state index contributed by atoms with van der Waals surface area (Å²) in [6, 6.07) is 44.5. The Labute approximate surface area is 225 Å². The lowest BCUT2D eigenvalue weighted by molar-refractivity contribution is 0.596. The number of benzene rings is 8. The minimum absolute atomic E-state index is 0.306. The van der Waals surface area contributed by atoms with Crippen molar-refractivity contribution < 1.29 is 8.42 Å². The molecule has 8 aromatic carbocycles. The Balaban J connectivity index is 1.30. The van der Waals surface area contributed by atoms with Gasteiger partial charge in [-0.25, -0.2) is 8.42 Å². The predicted octanol–water partition coefficient (Wildman–Crippen LogP) is 9.44. The molecule has 0 bridgehead atoms. The first-order valence-electron chi connectivity index (χ1n) is 13.0. The molecular formula is C36H22O2S. The monoisotopic (exact) mass is 518 g/mol. The highest BCUT2D eigenvalue weighted by Gasteiger charge is 2.19. The standard InChI is InChI=1S/C36H22O2S/c37-39(38,31-15-13-25-17-27-11-9-23-5-1-3-7-33(23)35(27)21-29(25)19-31)32-16-14-26-18-28-12-10-24-6-2-4-8-34(24)36(28)22-30(26)20-32/h1-22H. The lowest BCUT2D eigenvalue weighted by Gasteiger charge is -2.11. The fourth-order valence-electron chi connectivity index (χ4n) is 5.93. The van der Waals surface area contributed by atoms with Crippen LogP contribution in [0.5, 0.6) is 0 Å². The van der Waals surface area contributed by atoms with Crippen molar-refractivity contribution >= 4 is 74.5 Å². The van der Waals surface area contributed by atoms with E-state index in [0.717, 1.165) is 43.1 Å². The van der Waals surface area contributed by atoms with Crippen LogP contribution in [0.4, 0.5) is 0 Å². The number of rotatable bonds is 2. The van der Waals surface area contributed by atoms with Gasteiger partial charge in [-0.05, 0) is 113 Å². The van der Waals surface area contributed by atoms with Gasteiger partial charge in [0.15, 0.2) is 0 Å². The zero-order valence-electron chi connectivity index (χ0n) is 20.9. The number of fused-ring (bicyclic) bond motifs is 8. The first-order valence-corrected chi connectivity index (χ1v) is 14.5. The van der Waals surface area contributed by atoms with Gasteiger partial charge in [0.2, 0.25) is 9.84 Å². The zero-order valence-corrected chi connectivity index (χ0v) is 21.7. The minimum Gasteiger partial charge on any atom is -0.219 e. The van der Waals surface area contributed by atoms with Gasteiger partial charge in [-0.15, -0.1) is 0 Å². The fourth-order valence-corrected chi connectivity index (χ4v) is 7.26. The van der Waals surface area contributed by atoms with Gasteiger partial charge in [0.1, 0.15) is 0 Å². The van der Waals surface area contributed by atoms with Crippen LogP contribution in [0.1, 0.15) is 0 Å². The largest absolute Gasteiger partial charge is 0.219 e. The first-order chi connectivity index (χ1) is 19.0. The Morgan fingerprint density at radius 2 is 0.718 bits per heavy atom. The second kappa shape index (κ2) is 8.13. The molecule has 0 aromatic heterocycles. The van der Waals surface area contributed by atoms with Crippen molar-refractivity contribution in [1.82, 2.24) is 0 Å². The Morgan fingerprint density at radius 1 is 0.308 bits per heavy atom. The van der Waals surface area contributed by atoms with E-state index in [1.165, 1.54) is 21.5 Å². The van der Waals surface area contributed by atoms with Crippen LogP contribution in [0.2, 0.25) is 0 Å². The van der Waals surface area contributed by atoms with Gasteiger partial charge < -0.3 is 0 Å². The van der Waals surface area contributed by atoms with Gasteiger partial charge in [0.05, 0.1) is 9.79 Å². The summed E-state index contributed by atoms with van der Waals surface area (Å²) in [4.78, 5) is 0.611. The molecule has 0 saturated carbocycles. The number of sulfone groups is 1. The third-order valence-electron chi connectivity index (χ3n) is 7.97. The number of hydrogen-bond acceptors (Lipinski definition) is 2. The van der Waals surface area contributed by atoms with Crippen LogP contribution in [0.25, 0.3) is 64.6 Å². The highest BCUT2D eigenvalue weighted by atomic mass is 32.2. The van der Waals surface area contributed by atoms with Crippen LogP contribution in [-0.2, 0) is 9.84 Å². The maximum absolute atomic E-state index is 13.9. The molecule has 0 amide bonds. The van der Waals surface area contributed by atoms with Crippen molar-refractivity contribution in [3.05, 3.63) is 133 Å². The Bertz CT molecular complexity index is 2240. The summed E-state index contributed by atoms with van der Waals surface area (Å²) in [5.41, 5.74) is 0. The third kappa shape index (κ3) is 3.44. The van der Waals surface area contributed by atoms with Crippen molar-refractivity contribution in [2.45, 2.75) is 9.79 Å². The van der Waals surface area contributed by atoms with Crippen LogP contribution in [0, 0.1) is 0 Å². The Hall–Kier alpha value is -4.73. The Kier molecular flexibility index (Phi) is 4.64. The molecule has 8 rings (SSSR count). The molecule has 0 spiro atoms. The highest BCUT2D eigenvalue weighted by Crippen LogP contribution is 2.34. The van der Waals surface area contributed by atoms with E-state index in [4.69, 9.17) is 0 Å². The molecule has 2 nitrogen and oxygen atoms in total. The summed E-state index contributed by atoms with van der Waals surface area (Å²) in [5.74, 6) is 0. The van der Waals surface area contributed by atoms with Crippen molar-refractivity contribution in [2.75, 3.05) is 0 Å². The van der Waals surface area contributed by atoms with E-state index in [9.17, 15) is 8.42 Å². The molecule has 0 N–H and O–H groups in total. The van der Waals surface area contributed by atoms with E-state index in [-0.39, 0.29) is 0 Å². The van der Waals surface area contributed by atoms with E-state index in [1.54, 1.807) is 12.1 Å². The molecule has 0 unspecified atom stereocenters. The van der Waals surface area contributed by atoms with E-state index >= 15 is 0 Å². The molecule has 0 aliphatic rings. The van der Waals surface area contributed by atoms with E-state index in [1.807, 2.05) is 48.5 Å². The molecule has 0 heterocycles. The van der Waals surface area contributed by atoms with E-state index in [0.29, 0.717) is 9.79 Å². The van der Waals surface area contributed by atoms with Crippen molar-refractivity contribution in [3.8, 4) is 0 Å². The lowest BCUT2D eigenvalue weighted by Crippen LogP contribution is -2.02. The molecule has 0 aliphatic heterocycles. The molecule has 0 atom stereocenters. The second-order valence-electron chi connectivity index (χ2n) is 10.2. The average molecular weight is 519 g/mol. The summed E-state index contributed by atoms with van der Waals surface area (Å²) in [6.07, 6.45) is 0. The molecule has 8 aromatic rings. The average Bonchev–Trinajstić information content (AvgIpc) is 2.98. The normalized spacial score (nSPS) is 12.3. The van der Waals surface area contributed by atoms with Gasteiger partial charge in [-0.1, -0.05) is 84.9 Å². The van der Waals surface area contributed by atoms with Crippen LogP contribution in [0.3, 0.4) is 0 Å². The molecule has 0 fully saturated rings. The van der Waals surface area contributed by atoms with Crippen LogP contribution in [-0.4, -0.2) is 8.42 Å². The van der Waals surface area contributed by atoms with Gasteiger partial charge >= 0.3 is 0 Å². The molecular weight excluding hydrogens is 496 g/mol. The molecule has 0 radical (unpaired) electrons. The quantitative estimate of drug-likeness (QED) is 0.169. The SMILES string of the molecule is O=S(=O)(c1ccc2cc3ccc4ccccc4c3cc2c1)c1ccc2cc3ccc4ccccc4c3cc2c1. The predicted molar refractivity (Wildman–Crippen MR) is 163 cm³/mol. The summed E-state index contributed by atoms with van der Waals surface area (Å²) in [7, 11) is -3.71. The Morgan fingerprint density at radius 3 is 1.21 bits per heavy atom. The highest BCUT2D eigenvalue weighted by molar-refractivity contribution is 7.91. The maximum Gasteiger partial charge on any atom is 0.206 e. The zero-order chi connectivity index (χ0) is 26.1. The lowest BCUT2D eigenvalue weighted by atomic mass is 9.98. The van der Waals surface area contributed by atoms with E-state index < -0.39 is 9.84 Å². The summed E-state index contributed by atoms with van der Waals surface area (Å²) >= 11 is 0. The van der Waals surface area contributed by atoms with E-state index in [2.05, 4.69) is 72.8 Å². The smallest absolute Gasteiger partial charge is 0.206 e. The van der Waals surface area contributed by atoms with Gasteiger partial charge in [-0.2, -0.15) is 0 Å². The molecule has 3 heteroatoms. The van der Waals surface area contributed by atoms with Crippen molar-refractivity contribution in [1.29, 1.82) is 0 Å². The fraction of sp³-hybridized carbons (Fsp3) is 0. The summed E-state index contributed by atoms with van der Waals surface area (Å²) < 4.78 is 27.7. The van der Waals surface area contributed by atoms with Crippen molar-refractivity contribution in [3.63, 3.8) is 0 Å². The second-order valence-corrected chi connectivity index (χ2v) is 12.2. The summed E-state index contributed by atoms with van der Waals surface area (Å²) in [6.45, 7) is 0. The molecule has 184 valence electrons. The molecule has 39 heavy (non-hydrogen) atoms. The van der Waals surface area contributed by atoms with Gasteiger partial charge in [0.25, 0.3) is 0 Å². The topological polar surface area (TPSA) is 34.1 Å².